The quantitative estimate of drug-likeness (QED) is 0.586. The van der Waals surface area contributed by atoms with E-state index in [0.717, 1.165) is 16.7 Å². The third-order valence-electron chi connectivity index (χ3n) is 5.30. The summed E-state index contributed by atoms with van der Waals surface area (Å²) in [6.07, 6.45) is 0.564. The lowest BCUT2D eigenvalue weighted by Gasteiger charge is -2.17. The number of aryl methyl sites for hydroxylation is 2. The van der Waals surface area contributed by atoms with Gasteiger partial charge < -0.3 is 10.1 Å². The minimum Gasteiger partial charge on any atom is -0.477 e. The van der Waals surface area contributed by atoms with Crippen LogP contribution in [0.4, 0.5) is 5.95 Å². The molecule has 2 N–H and O–H groups in total. The smallest absolute Gasteiger partial charge is 0.264 e. The van der Waals surface area contributed by atoms with Crippen LogP contribution in [0, 0.1) is 20.8 Å². The molecule has 0 unspecified atom stereocenters. The number of fused-ring (bicyclic) bond motifs is 4. The molecule has 1 aromatic heterocycles. The Bertz CT molecular complexity index is 1290. The molecule has 4 rings (SSSR count). The molecular weight excluding hydrogens is 428 g/mol. The summed E-state index contributed by atoms with van der Waals surface area (Å²) in [6, 6.07) is 11.8. The fourth-order valence-corrected chi connectivity index (χ4v) is 4.63. The van der Waals surface area contributed by atoms with Crippen LogP contribution < -0.4 is 14.8 Å². The number of sulfonamides is 1. The highest BCUT2D eigenvalue weighted by molar-refractivity contribution is 7.92. The molecule has 32 heavy (non-hydrogen) atoms. The largest absolute Gasteiger partial charge is 0.477 e. The first kappa shape index (κ1) is 21.8. The fourth-order valence-electron chi connectivity index (χ4n) is 3.64. The monoisotopic (exact) mass is 452 g/mol. The van der Waals surface area contributed by atoms with Crippen molar-refractivity contribution in [3.8, 4) is 17.1 Å². The van der Waals surface area contributed by atoms with Crippen LogP contribution in [-0.2, 0) is 10.0 Å². The zero-order valence-corrected chi connectivity index (χ0v) is 18.9. The van der Waals surface area contributed by atoms with E-state index in [9.17, 15) is 13.2 Å². The molecule has 0 atom stereocenters. The predicted molar refractivity (Wildman–Crippen MR) is 121 cm³/mol. The second-order valence-corrected chi connectivity index (χ2v) is 9.37. The van der Waals surface area contributed by atoms with Crippen molar-refractivity contribution < 1.29 is 17.9 Å². The molecule has 0 saturated carbocycles. The molecule has 0 fully saturated rings. The van der Waals surface area contributed by atoms with E-state index in [1.807, 2.05) is 39.0 Å². The molecular formula is C23H24N4O4S. The third kappa shape index (κ3) is 4.29. The van der Waals surface area contributed by atoms with Gasteiger partial charge in [0, 0.05) is 23.2 Å². The summed E-state index contributed by atoms with van der Waals surface area (Å²) in [7, 11) is -4.03. The minimum atomic E-state index is -4.03. The number of anilines is 1. The van der Waals surface area contributed by atoms with Crippen molar-refractivity contribution in [2.75, 3.05) is 17.9 Å². The first-order valence-corrected chi connectivity index (χ1v) is 11.7. The van der Waals surface area contributed by atoms with E-state index in [0.29, 0.717) is 36.7 Å². The van der Waals surface area contributed by atoms with Crippen molar-refractivity contribution in [1.82, 2.24) is 15.3 Å². The number of rotatable bonds is 1. The van der Waals surface area contributed by atoms with Gasteiger partial charge in [0.05, 0.1) is 17.2 Å². The lowest BCUT2D eigenvalue weighted by atomic mass is 9.97. The van der Waals surface area contributed by atoms with E-state index in [2.05, 4.69) is 20.0 Å². The molecule has 9 heteroatoms. The van der Waals surface area contributed by atoms with Crippen LogP contribution in [-0.4, -0.2) is 37.4 Å². The van der Waals surface area contributed by atoms with Gasteiger partial charge in [-0.25, -0.2) is 18.1 Å². The highest BCUT2D eigenvalue weighted by Crippen LogP contribution is 2.33. The molecule has 0 saturated heterocycles. The number of ether oxygens (including phenoxy) is 1. The maximum Gasteiger partial charge on any atom is 0.264 e. The van der Waals surface area contributed by atoms with Crippen molar-refractivity contribution in [3.63, 3.8) is 0 Å². The summed E-state index contributed by atoms with van der Waals surface area (Å²) in [6.45, 7) is 6.50. The second-order valence-electron chi connectivity index (χ2n) is 7.68. The lowest BCUT2D eigenvalue weighted by molar-refractivity contribution is 0.0951. The van der Waals surface area contributed by atoms with Crippen LogP contribution in [0.3, 0.4) is 0 Å². The molecule has 1 aliphatic heterocycles. The van der Waals surface area contributed by atoms with E-state index in [1.54, 1.807) is 6.07 Å². The molecule has 166 valence electrons. The second kappa shape index (κ2) is 8.58. The Kier molecular flexibility index (Phi) is 5.84. The third-order valence-corrected chi connectivity index (χ3v) is 6.62. The summed E-state index contributed by atoms with van der Waals surface area (Å²) >= 11 is 0. The molecule has 0 spiro atoms. The first-order chi connectivity index (χ1) is 15.3. The molecule has 8 nitrogen and oxygen atoms in total. The van der Waals surface area contributed by atoms with Gasteiger partial charge in [-0.15, -0.1) is 0 Å². The molecule has 4 bridgehead atoms. The summed E-state index contributed by atoms with van der Waals surface area (Å²) in [5.41, 5.74) is 4.51. The Labute approximate surface area is 187 Å². The summed E-state index contributed by atoms with van der Waals surface area (Å²) in [5, 5.41) is 2.78. The Morgan fingerprint density at radius 2 is 1.72 bits per heavy atom. The average Bonchev–Trinajstić information content (AvgIpc) is 2.75. The molecule has 1 aliphatic rings. The number of hydrogen-bond donors (Lipinski definition) is 2. The van der Waals surface area contributed by atoms with Gasteiger partial charge in [-0.2, -0.15) is 4.98 Å². The number of carbonyl (C=O) groups is 1. The van der Waals surface area contributed by atoms with Gasteiger partial charge in [0.1, 0.15) is 0 Å². The first-order valence-electron chi connectivity index (χ1n) is 10.3. The molecule has 0 radical (unpaired) electrons. The van der Waals surface area contributed by atoms with Crippen LogP contribution >= 0.6 is 0 Å². The Balaban J connectivity index is 1.88. The van der Waals surface area contributed by atoms with Gasteiger partial charge in [-0.05, 0) is 56.5 Å². The van der Waals surface area contributed by atoms with Crippen LogP contribution in [0.5, 0.6) is 5.88 Å². The zero-order chi connectivity index (χ0) is 22.9. The molecule has 2 aromatic carbocycles. The summed E-state index contributed by atoms with van der Waals surface area (Å²) < 4.78 is 34.4. The minimum absolute atomic E-state index is 0.0533. The van der Waals surface area contributed by atoms with Crippen LogP contribution in [0.1, 0.15) is 33.5 Å². The number of hydrogen-bond acceptors (Lipinski definition) is 6. The molecule has 0 aliphatic carbocycles. The van der Waals surface area contributed by atoms with E-state index in [4.69, 9.17) is 4.74 Å². The maximum absolute atomic E-state index is 13.1. The van der Waals surface area contributed by atoms with E-state index < -0.39 is 10.0 Å². The van der Waals surface area contributed by atoms with Crippen molar-refractivity contribution in [1.29, 1.82) is 0 Å². The SMILES string of the molecule is Cc1cccc(C)c1-c1nc2nc(c1C)OCCCNC(=O)c1cccc(c1)S(=O)(=O)N2. The number of benzene rings is 2. The van der Waals surface area contributed by atoms with Crippen LogP contribution in [0.25, 0.3) is 11.3 Å². The van der Waals surface area contributed by atoms with E-state index in [-0.39, 0.29) is 22.3 Å². The molecule has 3 aromatic rings. The summed E-state index contributed by atoms with van der Waals surface area (Å²) in [5.74, 6) is -0.134. The van der Waals surface area contributed by atoms with Crippen molar-refractivity contribution in [2.45, 2.75) is 32.1 Å². The van der Waals surface area contributed by atoms with Gasteiger partial charge in [-0.1, -0.05) is 24.3 Å². The van der Waals surface area contributed by atoms with Crippen molar-refractivity contribution in [2.24, 2.45) is 0 Å². The topological polar surface area (TPSA) is 110 Å². The van der Waals surface area contributed by atoms with Gasteiger partial charge in [-0.3, -0.25) is 4.79 Å². The Hall–Kier alpha value is -3.46. The van der Waals surface area contributed by atoms with E-state index in [1.165, 1.54) is 18.2 Å². The average molecular weight is 453 g/mol. The summed E-state index contributed by atoms with van der Waals surface area (Å²) in [4.78, 5) is 21.2. The van der Waals surface area contributed by atoms with Crippen LogP contribution in [0.2, 0.25) is 0 Å². The predicted octanol–water partition coefficient (Wildman–Crippen LogP) is 3.38. The van der Waals surface area contributed by atoms with Gasteiger partial charge in [0.25, 0.3) is 15.9 Å². The Morgan fingerprint density at radius 1 is 1.00 bits per heavy atom. The molecule has 2 heterocycles. The normalized spacial score (nSPS) is 15.7. The standard InChI is InChI=1S/C23H24N4O4S/c1-14-7-4-8-15(2)19(14)20-16(3)22-26-23(25-20)27-32(29,30)18-10-5-9-17(13-18)21(28)24-11-6-12-31-22/h4-5,7-10,13H,6,11-12H2,1-3H3,(H,24,28)(H,25,26,27). The van der Waals surface area contributed by atoms with Crippen molar-refractivity contribution >= 4 is 21.9 Å². The number of amides is 1. The maximum atomic E-state index is 13.1. The molecule has 1 amide bonds. The van der Waals surface area contributed by atoms with Crippen molar-refractivity contribution in [3.05, 3.63) is 64.7 Å². The number of aromatic nitrogens is 2. The highest BCUT2D eigenvalue weighted by Gasteiger charge is 2.22. The number of nitrogens with zero attached hydrogens (tertiary/aromatic N) is 2. The Morgan fingerprint density at radius 3 is 2.47 bits per heavy atom. The number of carbonyl (C=O) groups excluding carboxylic acids is 1. The van der Waals surface area contributed by atoms with Gasteiger partial charge in [0.15, 0.2) is 0 Å². The fraction of sp³-hybridized carbons (Fsp3) is 0.261. The van der Waals surface area contributed by atoms with E-state index >= 15 is 0 Å². The number of nitrogens with one attached hydrogen (secondary N) is 2. The lowest BCUT2D eigenvalue weighted by Crippen LogP contribution is -2.26. The highest BCUT2D eigenvalue weighted by atomic mass is 32.2. The van der Waals surface area contributed by atoms with Gasteiger partial charge in [0.2, 0.25) is 11.8 Å². The zero-order valence-electron chi connectivity index (χ0n) is 18.1. The van der Waals surface area contributed by atoms with Gasteiger partial charge >= 0.3 is 0 Å². The van der Waals surface area contributed by atoms with Crippen LogP contribution in [0.15, 0.2) is 47.4 Å².